The summed E-state index contributed by atoms with van der Waals surface area (Å²) in [5.74, 6) is 0. The second kappa shape index (κ2) is 16.0. The Labute approximate surface area is 287 Å². The molecule has 0 amide bonds. The summed E-state index contributed by atoms with van der Waals surface area (Å²) in [7, 11) is -3.59. The van der Waals surface area contributed by atoms with Gasteiger partial charge in [-0.15, -0.1) is 0 Å². The second-order valence-electron chi connectivity index (χ2n) is 16.2. The molecular weight excluding hydrogens is 633 g/mol. The first-order chi connectivity index (χ1) is 20.1. The SMILES string of the molecule is CC(=O)SC(C)(C)c1cc(CO)cc(CO[Si](C)(C)C(C)(C)C)c1.CC(C)(S)c1cc(CO)cc(CO[Si](C)(C)C(C)(C)C)c1. The van der Waals surface area contributed by atoms with Gasteiger partial charge in [-0.1, -0.05) is 89.7 Å². The van der Waals surface area contributed by atoms with Crippen LogP contribution in [0.4, 0.5) is 0 Å². The van der Waals surface area contributed by atoms with Gasteiger partial charge < -0.3 is 19.1 Å². The van der Waals surface area contributed by atoms with E-state index in [-0.39, 0.29) is 37.9 Å². The summed E-state index contributed by atoms with van der Waals surface area (Å²) in [6, 6.07) is 12.2. The lowest BCUT2D eigenvalue weighted by Crippen LogP contribution is -2.40. The van der Waals surface area contributed by atoms with E-state index in [1.807, 2.05) is 38.1 Å². The van der Waals surface area contributed by atoms with Crippen molar-refractivity contribution in [3.05, 3.63) is 69.8 Å². The zero-order chi connectivity index (χ0) is 35.2. The molecule has 0 unspecified atom stereocenters. The zero-order valence-corrected chi connectivity index (χ0v) is 34.5. The van der Waals surface area contributed by atoms with Gasteiger partial charge in [-0.3, -0.25) is 4.79 Å². The molecule has 2 aromatic rings. The van der Waals surface area contributed by atoms with Crippen LogP contribution in [0.25, 0.3) is 0 Å². The van der Waals surface area contributed by atoms with Crippen molar-refractivity contribution in [3.63, 3.8) is 0 Å². The molecular formula is C36H62O5S2Si2. The third-order valence-corrected chi connectivity index (χ3v) is 19.3. The molecule has 0 fully saturated rings. The molecule has 2 aromatic carbocycles. The minimum atomic E-state index is -1.83. The molecule has 0 atom stereocenters. The number of rotatable bonds is 11. The summed E-state index contributed by atoms with van der Waals surface area (Å²) in [6.07, 6.45) is 0. The minimum absolute atomic E-state index is 0.0122. The molecule has 0 aliphatic rings. The third kappa shape index (κ3) is 13.2. The van der Waals surface area contributed by atoms with Gasteiger partial charge in [0.2, 0.25) is 0 Å². The van der Waals surface area contributed by atoms with Crippen LogP contribution in [0.5, 0.6) is 0 Å². The van der Waals surface area contributed by atoms with Crippen molar-refractivity contribution >= 4 is 46.1 Å². The smallest absolute Gasteiger partial charge is 0.192 e. The lowest BCUT2D eigenvalue weighted by Gasteiger charge is -2.36. The molecule has 2 rings (SSSR count). The number of carbonyl (C=O) groups is 1. The molecule has 0 bridgehead atoms. The maximum absolute atomic E-state index is 11.5. The molecule has 0 radical (unpaired) electrons. The molecule has 9 heteroatoms. The van der Waals surface area contributed by atoms with Gasteiger partial charge in [-0.25, -0.2) is 0 Å². The van der Waals surface area contributed by atoms with Gasteiger partial charge in [-0.05, 0) is 97.3 Å². The molecule has 5 nitrogen and oxygen atoms in total. The fourth-order valence-electron chi connectivity index (χ4n) is 3.95. The number of thiol groups is 1. The Balaban J connectivity index is 0.000000454. The maximum atomic E-state index is 11.5. The first-order valence-corrected chi connectivity index (χ1v) is 22.9. The summed E-state index contributed by atoms with van der Waals surface area (Å²) in [5, 5.41) is 19.5. The lowest BCUT2D eigenvalue weighted by molar-refractivity contribution is -0.109. The van der Waals surface area contributed by atoms with Crippen molar-refractivity contribution in [2.75, 3.05) is 0 Å². The minimum Gasteiger partial charge on any atom is -0.413 e. The predicted octanol–water partition coefficient (Wildman–Crippen LogP) is 10.1. The topological polar surface area (TPSA) is 76.0 Å². The Morgan fingerprint density at radius 2 is 1.00 bits per heavy atom. The number of carbonyl (C=O) groups excluding carboxylic acids is 1. The van der Waals surface area contributed by atoms with Crippen LogP contribution < -0.4 is 0 Å². The van der Waals surface area contributed by atoms with E-state index >= 15 is 0 Å². The second-order valence-corrected chi connectivity index (χ2v) is 28.7. The van der Waals surface area contributed by atoms with E-state index in [4.69, 9.17) is 8.85 Å². The monoisotopic (exact) mass is 694 g/mol. The first kappa shape index (κ1) is 42.1. The average Bonchev–Trinajstić information content (AvgIpc) is 2.88. The van der Waals surface area contributed by atoms with Crippen molar-refractivity contribution in [1.82, 2.24) is 0 Å². The van der Waals surface area contributed by atoms with Crippen LogP contribution in [0.3, 0.4) is 0 Å². The Hall–Kier alpha value is -0.916. The number of hydrogen-bond acceptors (Lipinski definition) is 7. The largest absolute Gasteiger partial charge is 0.413 e. The van der Waals surface area contributed by atoms with Gasteiger partial charge in [0.15, 0.2) is 21.8 Å². The Bertz CT molecular complexity index is 1270. The molecule has 0 aromatic heterocycles. The first-order valence-electron chi connectivity index (χ1n) is 15.8. The Morgan fingerprint density at radius 3 is 1.31 bits per heavy atom. The molecule has 0 saturated carbocycles. The van der Waals surface area contributed by atoms with Crippen LogP contribution >= 0.6 is 24.4 Å². The van der Waals surface area contributed by atoms with E-state index < -0.39 is 16.6 Å². The van der Waals surface area contributed by atoms with Crippen molar-refractivity contribution in [1.29, 1.82) is 0 Å². The number of thioether (sulfide) groups is 1. The van der Waals surface area contributed by atoms with E-state index in [1.165, 1.54) is 11.8 Å². The number of hydrogen-bond donors (Lipinski definition) is 3. The van der Waals surface area contributed by atoms with Gasteiger partial charge in [0.25, 0.3) is 0 Å². The highest BCUT2D eigenvalue weighted by Crippen LogP contribution is 2.40. The van der Waals surface area contributed by atoms with E-state index in [0.717, 1.165) is 33.4 Å². The van der Waals surface area contributed by atoms with Gasteiger partial charge in [0, 0.05) is 16.4 Å². The highest BCUT2D eigenvalue weighted by Gasteiger charge is 2.38. The van der Waals surface area contributed by atoms with Gasteiger partial charge in [-0.2, -0.15) is 12.6 Å². The number of aliphatic hydroxyl groups excluding tert-OH is 2. The molecule has 45 heavy (non-hydrogen) atoms. The fourth-order valence-corrected chi connectivity index (χ4v) is 6.96. The lowest BCUT2D eigenvalue weighted by atomic mass is 9.97. The summed E-state index contributed by atoms with van der Waals surface area (Å²) < 4.78 is 12.0. The van der Waals surface area contributed by atoms with Gasteiger partial charge >= 0.3 is 0 Å². The van der Waals surface area contributed by atoms with Crippen molar-refractivity contribution in [2.45, 2.75) is 148 Å². The Kier molecular flexibility index (Phi) is 15.0. The maximum Gasteiger partial charge on any atom is 0.192 e. The highest BCUT2D eigenvalue weighted by atomic mass is 32.2. The summed E-state index contributed by atoms with van der Waals surface area (Å²) in [6.45, 7) is 33.3. The molecule has 2 N–H and O–H groups in total. The standard InChI is InChI=1S/C19H32O3SSi.C17H30O2SSi/c1-14(21)23-19(5,6)17-10-15(12-20)9-16(11-17)13-22-24(7,8)18(2,3)4;1-16(2,3)21(6,7)19-12-14-8-13(11-18)9-15(10-14)17(4,5)20/h9-11,20H,12-13H2,1-8H3;8-10,18,20H,11-12H2,1-7H3. The van der Waals surface area contributed by atoms with Crippen molar-refractivity contribution in [2.24, 2.45) is 0 Å². The summed E-state index contributed by atoms with van der Waals surface area (Å²) in [4.78, 5) is 11.5. The average molecular weight is 695 g/mol. The fraction of sp³-hybridized carbons (Fsp3) is 0.639. The summed E-state index contributed by atoms with van der Waals surface area (Å²) in [5.41, 5.74) is 6.11. The van der Waals surface area contributed by atoms with Crippen LogP contribution in [-0.4, -0.2) is 32.0 Å². The van der Waals surface area contributed by atoms with Gasteiger partial charge in [0.1, 0.15) is 0 Å². The van der Waals surface area contributed by atoms with Crippen molar-refractivity contribution in [3.8, 4) is 0 Å². The molecule has 0 aliphatic carbocycles. The molecule has 0 saturated heterocycles. The van der Waals surface area contributed by atoms with E-state index in [2.05, 4.69) is 106 Å². The molecule has 0 heterocycles. The Morgan fingerprint density at radius 1 is 0.667 bits per heavy atom. The quantitative estimate of drug-likeness (QED) is 0.161. The van der Waals surface area contributed by atoms with Crippen LogP contribution in [0.2, 0.25) is 36.3 Å². The summed E-state index contributed by atoms with van der Waals surface area (Å²) >= 11 is 5.95. The van der Waals surface area contributed by atoms with Crippen molar-refractivity contribution < 1.29 is 23.9 Å². The molecule has 256 valence electrons. The van der Waals surface area contributed by atoms with E-state index in [9.17, 15) is 15.0 Å². The molecule has 0 spiro atoms. The molecule has 0 aliphatic heterocycles. The van der Waals surface area contributed by atoms with E-state index in [1.54, 1.807) is 6.92 Å². The van der Waals surface area contributed by atoms with Crippen LogP contribution in [0.1, 0.15) is 110 Å². The zero-order valence-electron chi connectivity index (χ0n) is 30.8. The predicted molar refractivity (Wildman–Crippen MR) is 202 cm³/mol. The number of benzene rings is 2. The third-order valence-electron chi connectivity index (χ3n) is 9.08. The van der Waals surface area contributed by atoms with Crippen LogP contribution in [-0.2, 0) is 49.6 Å². The van der Waals surface area contributed by atoms with Crippen LogP contribution in [0, 0.1) is 0 Å². The highest BCUT2D eigenvalue weighted by molar-refractivity contribution is 8.14. The van der Waals surface area contributed by atoms with Crippen LogP contribution in [0.15, 0.2) is 36.4 Å². The van der Waals surface area contributed by atoms with Gasteiger partial charge in [0.05, 0.1) is 26.4 Å². The normalized spacial score (nSPS) is 13.4. The number of aliphatic hydroxyl groups is 2. The van der Waals surface area contributed by atoms with E-state index in [0.29, 0.717) is 13.2 Å².